The van der Waals surface area contributed by atoms with Crippen molar-refractivity contribution in [3.63, 3.8) is 0 Å². The second-order valence-electron chi connectivity index (χ2n) is 9.06. The predicted octanol–water partition coefficient (Wildman–Crippen LogP) is 3.32. The molecule has 1 unspecified atom stereocenters. The number of sulfonamides is 1. The summed E-state index contributed by atoms with van der Waals surface area (Å²) in [5, 5.41) is 4.00. The van der Waals surface area contributed by atoms with Crippen LogP contribution in [0, 0.1) is 11.8 Å². The van der Waals surface area contributed by atoms with Crippen molar-refractivity contribution >= 4 is 27.5 Å². The molecule has 1 aromatic carbocycles. The number of piperidine rings is 1. The zero-order chi connectivity index (χ0) is 21.4. The van der Waals surface area contributed by atoms with Gasteiger partial charge in [-0.1, -0.05) is 45.4 Å². The quantitative estimate of drug-likeness (QED) is 0.735. The molecule has 0 aromatic heterocycles. The lowest BCUT2D eigenvalue weighted by atomic mass is 9.96. The number of rotatable bonds is 6. The summed E-state index contributed by atoms with van der Waals surface area (Å²) in [6.45, 7) is 9.88. The molecule has 1 N–H and O–H groups in total. The fraction of sp³-hybridized carbons (Fsp3) is 0.667. The second kappa shape index (κ2) is 8.53. The van der Waals surface area contributed by atoms with E-state index in [-0.39, 0.29) is 16.8 Å². The summed E-state index contributed by atoms with van der Waals surface area (Å²) in [5.41, 5.74) is -0.457. The highest BCUT2D eigenvalue weighted by Gasteiger charge is 2.52. The van der Waals surface area contributed by atoms with E-state index >= 15 is 0 Å². The van der Waals surface area contributed by atoms with Gasteiger partial charge in [0.15, 0.2) is 0 Å². The largest absolute Gasteiger partial charge is 0.323 e. The summed E-state index contributed by atoms with van der Waals surface area (Å²) in [6.07, 6.45) is 1.96. The highest BCUT2D eigenvalue weighted by molar-refractivity contribution is 7.89. The standard InChI is InChI=1S/C21H32ClN3O3S/c1-15(2)12-19-20(26)25(14-16(3)4)21(23-19)8-10-24(11-9-21)29(27,28)18-7-5-6-17(22)13-18/h5-7,13,15-16,19,23H,8-12,14H2,1-4H3. The summed E-state index contributed by atoms with van der Waals surface area (Å²) in [7, 11) is -3.60. The number of nitrogens with one attached hydrogen (secondary N) is 1. The van der Waals surface area contributed by atoms with Crippen LogP contribution in [0.3, 0.4) is 0 Å². The Morgan fingerprint density at radius 2 is 1.83 bits per heavy atom. The van der Waals surface area contributed by atoms with Crippen molar-refractivity contribution in [2.24, 2.45) is 11.8 Å². The zero-order valence-corrected chi connectivity index (χ0v) is 19.3. The van der Waals surface area contributed by atoms with Crippen molar-refractivity contribution in [2.75, 3.05) is 19.6 Å². The number of hydrogen-bond acceptors (Lipinski definition) is 4. The van der Waals surface area contributed by atoms with Crippen molar-refractivity contribution in [1.82, 2.24) is 14.5 Å². The minimum Gasteiger partial charge on any atom is -0.323 e. The van der Waals surface area contributed by atoms with E-state index in [1.807, 2.05) is 4.90 Å². The van der Waals surface area contributed by atoms with Gasteiger partial charge in [0.25, 0.3) is 0 Å². The third kappa shape index (κ3) is 4.63. The van der Waals surface area contributed by atoms with Gasteiger partial charge in [-0.15, -0.1) is 0 Å². The van der Waals surface area contributed by atoms with Gasteiger partial charge in [-0.05, 0) is 49.3 Å². The lowest BCUT2D eigenvalue weighted by Gasteiger charge is -2.44. The maximum absolute atomic E-state index is 13.1. The first-order valence-electron chi connectivity index (χ1n) is 10.4. The fourth-order valence-electron chi connectivity index (χ4n) is 4.41. The van der Waals surface area contributed by atoms with Crippen LogP contribution in [0.4, 0.5) is 0 Å². The molecule has 1 amide bonds. The molecule has 2 aliphatic rings. The average Bonchev–Trinajstić information content (AvgIpc) is 2.86. The Morgan fingerprint density at radius 3 is 2.38 bits per heavy atom. The molecule has 0 aliphatic carbocycles. The van der Waals surface area contributed by atoms with Gasteiger partial charge in [0, 0.05) is 24.7 Å². The van der Waals surface area contributed by atoms with Crippen molar-refractivity contribution in [3.05, 3.63) is 29.3 Å². The van der Waals surface area contributed by atoms with Crippen molar-refractivity contribution in [2.45, 2.75) is 63.6 Å². The second-order valence-corrected chi connectivity index (χ2v) is 11.4. The van der Waals surface area contributed by atoms with Gasteiger partial charge in [-0.3, -0.25) is 10.1 Å². The van der Waals surface area contributed by atoms with Crippen LogP contribution in [-0.4, -0.2) is 54.9 Å². The van der Waals surface area contributed by atoms with E-state index in [9.17, 15) is 13.2 Å². The molecule has 0 radical (unpaired) electrons. The molecule has 162 valence electrons. The zero-order valence-electron chi connectivity index (χ0n) is 17.7. The normalized spacial score (nSPS) is 22.9. The molecule has 1 atom stereocenters. The SMILES string of the molecule is CC(C)CC1NC2(CCN(S(=O)(=O)c3cccc(Cl)c3)CC2)N(CC(C)C)C1=O. The van der Waals surface area contributed by atoms with E-state index in [1.165, 1.54) is 10.4 Å². The van der Waals surface area contributed by atoms with Crippen LogP contribution in [0.25, 0.3) is 0 Å². The van der Waals surface area contributed by atoms with E-state index in [4.69, 9.17) is 11.6 Å². The van der Waals surface area contributed by atoms with Crippen molar-refractivity contribution < 1.29 is 13.2 Å². The number of benzene rings is 1. The molecule has 8 heteroatoms. The number of hydrogen-bond donors (Lipinski definition) is 1. The van der Waals surface area contributed by atoms with Gasteiger partial charge in [-0.2, -0.15) is 4.31 Å². The molecule has 1 spiro atoms. The lowest BCUT2D eigenvalue weighted by Crippen LogP contribution is -2.60. The first-order chi connectivity index (χ1) is 13.5. The monoisotopic (exact) mass is 441 g/mol. The Morgan fingerprint density at radius 1 is 1.17 bits per heavy atom. The van der Waals surface area contributed by atoms with E-state index in [1.54, 1.807) is 18.2 Å². The highest BCUT2D eigenvalue weighted by Crippen LogP contribution is 2.36. The molecular weight excluding hydrogens is 410 g/mol. The molecule has 2 fully saturated rings. The molecule has 0 bridgehead atoms. The number of carbonyl (C=O) groups is 1. The first kappa shape index (κ1) is 22.5. The van der Waals surface area contributed by atoms with Crippen molar-refractivity contribution in [3.8, 4) is 0 Å². The molecule has 3 rings (SSSR count). The number of nitrogens with zero attached hydrogens (tertiary/aromatic N) is 2. The van der Waals surface area contributed by atoms with Crippen molar-refractivity contribution in [1.29, 1.82) is 0 Å². The average molecular weight is 442 g/mol. The Kier molecular flexibility index (Phi) is 6.63. The lowest BCUT2D eigenvalue weighted by molar-refractivity contribution is -0.134. The van der Waals surface area contributed by atoms with Crippen LogP contribution in [-0.2, 0) is 14.8 Å². The Balaban J connectivity index is 1.79. The Hall–Kier alpha value is -1.15. The molecule has 1 aromatic rings. The number of amides is 1. The predicted molar refractivity (Wildman–Crippen MR) is 115 cm³/mol. The Bertz CT molecular complexity index is 848. The molecule has 2 aliphatic heterocycles. The summed E-state index contributed by atoms with van der Waals surface area (Å²) in [5.74, 6) is 0.915. The van der Waals surface area contributed by atoms with Gasteiger partial charge in [0.1, 0.15) is 0 Å². The van der Waals surface area contributed by atoms with Crippen LogP contribution >= 0.6 is 11.6 Å². The topological polar surface area (TPSA) is 69.7 Å². The maximum atomic E-state index is 13.1. The fourth-order valence-corrected chi connectivity index (χ4v) is 6.15. The Labute approximate surface area is 179 Å². The van der Waals surface area contributed by atoms with Crippen LogP contribution in [0.1, 0.15) is 47.0 Å². The highest BCUT2D eigenvalue weighted by atomic mass is 35.5. The van der Waals surface area contributed by atoms with Gasteiger partial charge in [0.05, 0.1) is 16.6 Å². The van der Waals surface area contributed by atoms with E-state index in [0.717, 1.165) is 6.42 Å². The van der Waals surface area contributed by atoms with Crippen LogP contribution in [0.5, 0.6) is 0 Å². The molecule has 0 saturated carbocycles. The molecule has 6 nitrogen and oxygen atoms in total. The molecule has 2 saturated heterocycles. The maximum Gasteiger partial charge on any atom is 0.243 e. The third-order valence-corrected chi connectivity index (χ3v) is 7.89. The van der Waals surface area contributed by atoms with Gasteiger partial charge < -0.3 is 4.90 Å². The van der Waals surface area contributed by atoms with Gasteiger partial charge in [-0.25, -0.2) is 8.42 Å². The summed E-state index contributed by atoms with van der Waals surface area (Å²) < 4.78 is 27.6. The third-order valence-electron chi connectivity index (χ3n) is 5.76. The van der Waals surface area contributed by atoms with Gasteiger partial charge >= 0.3 is 0 Å². The number of halogens is 1. The van der Waals surface area contributed by atoms with Gasteiger partial charge in [0.2, 0.25) is 15.9 Å². The minimum atomic E-state index is -3.60. The van der Waals surface area contributed by atoms with Crippen LogP contribution in [0.15, 0.2) is 29.2 Å². The summed E-state index contributed by atoms with van der Waals surface area (Å²) >= 11 is 5.99. The molecule has 2 heterocycles. The summed E-state index contributed by atoms with van der Waals surface area (Å²) in [6, 6.07) is 6.19. The first-order valence-corrected chi connectivity index (χ1v) is 12.2. The van der Waals surface area contributed by atoms with E-state index < -0.39 is 15.7 Å². The van der Waals surface area contributed by atoms with Crippen LogP contribution in [0.2, 0.25) is 5.02 Å². The van der Waals surface area contributed by atoms with E-state index in [2.05, 4.69) is 33.0 Å². The summed E-state index contributed by atoms with van der Waals surface area (Å²) in [4.78, 5) is 15.3. The van der Waals surface area contributed by atoms with Crippen LogP contribution < -0.4 is 5.32 Å². The molecular formula is C21H32ClN3O3S. The molecule has 29 heavy (non-hydrogen) atoms. The smallest absolute Gasteiger partial charge is 0.243 e. The van der Waals surface area contributed by atoms with E-state index in [0.29, 0.717) is 49.3 Å². The minimum absolute atomic E-state index is 0.151. The number of carbonyl (C=O) groups excluding carboxylic acids is 1.